The number of aromatic nitrogens is 2. The van der Waals surface area contributed by atoms with E-state index in [2.05, 4.69) is 36.6 Å². The Morgan fingerprint density at radius 3 is 1.36 bits per heavy atom. The van der Waals surface area contributed by atoms with Crippen LogP contribution in [0, 0.1) is 35.3 Å². The number of nitrogens with zero attached hydrogens (tertiary/aromatic N) is 4. The molecule has 14 rings (SSSR count). The number of rotatable bonds is 29. The molecule has 6 aliphatic rings. The van der Waals surface area contributed by atoms with Crippen molar-refractivity contribution >= 4 is 104 Å². The van der Waals surface area contributed by atoms with Crippen LogP contribution in [0.5, 0.6) is 23.0 Å². The van der Waals surface area contributed by atoms with Crippen molar-refractivity contribution in [2.24, 2.45) is 23.7 Å². The van der Waals surface area contributed by atoms with Gasteiger partial charge in [0, 0.05) is 66.4 Å². The molecule has 8 aromatic rings. The van der Waals surface area contributed by atoms with Crippen LogP contribution in [0.25, 0.3) is 21.8 Å². The first-order valence-electron chi connectivity index (χ1n) is 38.9. The van der Waals surface area contributed by atoms with Crippen molar-refractivity contribution in [2.45, 2.75) is 115 Å². The summed E-state index contributed by atoms with van der Waals surface area (Å²) in [6.07, 6.45) is 11.1. The number of anilines is 2. The molecule has 2 unspecified atom stereocenters. The fourth-order valence-electron chi connectivity index (χ4n) is 15.5. The molecule has 0 bridgehead atoms. The Kier molecular flexibility index (Phi) is 28.0. The zero-order valence-electron chi connectivity index (χ0n) is 64.4. The molecule has 2 aliphatic carbocycles. The van der Waals surface area contributed by atoms with Gasteiger partial charge in [0.15, 0.2) is 13.2 Å². The van der Waals surface area contributed by atoms with Gasteiger partial charge in [-0.3, -0.25) is 87.9 Å². The van der Waals surface area contributed by atoms with Crippen LogP contribution < -0.4 is 51.3 Å². The molecule has 6 heterocycles. The molecular weight excluding hydrogens is 1510 g/mol. The number of ether oxygens (including phenoxy) is 6. The number of halogens is 2. The predicted molar refractivity (Wildman–Crippen MR) is 421 cm³/mol. The number of aliphatic carboxylic acids is 1. The molecule has 0 radical (unpaired) electrons. The number of nitrogens with one attached hydrogen (secondary N) is 5. The summed E-state index contributed by atoms with van der Waals surface area (Å²) >= 11 is 0. The van der Waals surface area contributed by atoms with Crippen LogP contribution in [0.15, 0.2) is 146 Å². The summed E-state index contributed by atoms with van der Waals surface area (Å²) in [6.45, 7) is 5.01. The first-order chi connectivity index (χ1) is 56.5. The van der Waals surface area contributed by atoms with Gasteiger partial charge in [-0.2, -0.15) is 0 Å². The van der Waals surface area contributed by atoms with Gasteiger partial charge in [0.05, 0.1) is 65.6 Å². The molecule has 31 heteroatoms. The van der Waals surface area contributed by atoms with Crippen LogP contribution in [0.2, 0.25) is 0 Å². The summed E-state index contributed by atoms with van der Waals surface area (Å²) in [6, 6.07) is 34.1. The minimum atomic E-state index is -1.11. The number of piperidine rings is 2. The molecule has 29 nitrogen and oxygen atoms in total. The summed E-state index contributed by atoms with van der Waals surface area (Å²) in [7, 11) is 0. The number of carbonyl (C=O) groups is 12. The molecule has 4 fully saturated rings. The number of carboxylic acids is 1. The third-order valence-electron chi connectivity index (χ3n) is 21.8. The molecule has 2 saturated carbocycles. The largest absolute Gasteiger partial charge is 0.491 e. The first-order valence-corrected chi connectivity index (χ1v) is 38.9. The van der Waals surface area contributed by atoms with Crippen LogP contribution >= 0.6 is 0 Å². The van der Waals surface area contributed by atoms with Gasteiger partial charge >= 0.3 is 5.97 Å². The zero-order valence-corrected chi connectivity index (χ0v) is 64.4. The number of carbonyl (C=O) groups excluding carboxylic acids is 11. The number of imide groups is 4. The van der Waals surface area contributed by atoms with Gasteiger partial charge < -0.3 is 55.2 Å². The number of fused-ring (bicyclic) bond motifs is 4. The fourth-order valence-corrected chi connectivity index (χ4v) is 15.5. The highest BCUT2D eigenvalue weighted by Gasteiger charge is 2.48. The Hall–Kier alpha value is -12.6. The average Bonchev–Trinajstić information content (AvgIpc) is 1.61. The summed E-state index contributed by atoms with van der Waals surface area (Å²) in [5, 5.41) is 23.5. The van der Waals surface area contributed by atoms with Gasteiger partial charge in [0.25, 0.3) is 35.4 Å². The van der Waals surface area contributed by atoms with E-state index in [0.29, 0.717) is 47.9 Å². The van der Waals surface area contributed by atoms with Crippen molar-refractivity contribution in [3.63, 3.8) is 0 Å². The van der Waals surface area contributed by atoms with Crippen molar-refractivity contribution in [1.29, 1.82) is 0 Å². The Morgan fingerprint density at radius 1 is 0.504 bits per heavy atom. The van der Waals surface area contributed by atoms with E-state index in [4.69, 9.17) is 39.3 Å². The van der Waals surface area contributed by atoms with Crippen LogP contribution in [0.1, 0.15) is 155 Å². The molecular formula is C86H90F2N10O19. The molecule has 6 aromatic carbocycles. The lowest BCUT2D eigenvalue weighted by atomic mass is 9.73. The van der Waals surface area contributed by atoms with Crippen LogP contribution in [-0.2, 0) is 47.8 Å². The van der Waals surface area contributed by atoms with E-state index >= 15 is 0 Å². The normalized spacial score (nSPS) is 19.5. The molecule has 2 saturated heterocycles. The average molecular weight is 1610 g/mol. The van der Waals surface area contributed by atoms with Gasteiger partial charge in [-0.1, -0.05) is 26.0 Å². The van der Waals surface area contributed by atoms with Gasteiger partial charge in [0.1, 0.15) is 59.9 Å². The smallest absolute Gasteiger partial charge is 0.306 e. The van der Waals surface area contributed by atoms with Gasteiger partial charge in [-0.25, -0.2) is 8.78 Å². The van der Waals surface area contributed by atoms with Crippen LogP contribution in [0.3, 0.4) is 0 Å². The highest BCUT2D eigenvalue weighted by molar-refractivity contribution is 6.25. The second kappa shape index (κ2) is 39.1. The molecule has 4 atom stereocenters. The highest BCUT2D eigenvalue weighted by Crippen LogP contribution is 2.44. The monoisotopic (exact) mass is 1600 g/mol. The number of pyridine rings is 2. The molecule has 117 heavy (non-hydrogen) atoms. The third kappa shape index (κ3) is 20.9. The molecule has 612 valence electrons. The Balaban J connectivity index is 0.000000181. The summed E-state index contributed by atoms with van der Waals surface area (Å²) < 4.78 is 60.9. The minimum absolute atomic E-state index is 0.00300. The minimum Gasteiger partial charge on any atom is -0.491 e. The topological polar surface area (TPSA) is 399 Å². The maximum Gasteiger partial charge on any atom is 0.306 e. The molecule has 11 amide bonds. The van der Waals surface area contributed by atoms with Crippen molar-refractivity contribution in [2.75, 3.05) is 77.0 Å². The van der Waals surface area contributed by atoms with Gasteiger partial charge in [-0.05, 0) is 220 Å². The van der Waals surface area contributed by atoms with Gasteiger partial charge in [-0.15, -0.1) is 0 Å². The first kappa shape index (κ1) is 83.8. The number of nitrogen functional groups attached to an aromatic ring is 1. The quantitative estimate of drug-likeness (QED) is 0.0130. The van der Waals surface area contributed by atoms with Crippen molar-refractivity contribution in [3.8, 4) is 23.0 Å². The Morgan fingerprint density at radius 2 is 0.932 bits per heavy atom. The van der Waals surface area contributed by atoms with E-state index in [-0.39, 0.29) is 140 Å². The SMILES string of the molecule is C[C@@H](C(=O)Nc1ccc(OCCOCCNC(=O)COc2cccc3c2C(=O)N(C2CCC(=O)NC2=O)C3=O)cc1)C1CCC(c2ccnc3ccc(F)cc23)CC1.C[C@@H](C(=O)O)C1CCC(c2ccnc3ccc(F)cc23)CC1.Nc1ccc(OCCOCCNC(=O)COc2cccc3c2C(=O)N(C2CCC(=O)NC2=O)C3=O)cc1. The highest BCUT2D eigenvalue weighted by atomic mass is 19.1. The second-order valence-corrected chi connectivity index (χ2v) is 29.3. The maximum atomic E-state index is 14.0. The summed E-state index contributed by atoms with van der Waals surface area (Å²) in [5.74, 6) is -5.17. The van der Waals surface area contributed by atoms with Crippen molar-refractivity contribution in [3.05, 3.63) is 191 Å². The second-order valence-electron chi connectivity index (χ2n) is 29.3. The number of amides is 11. The number of hydrogen-bond acceptors (Lipinski definition) is 21. The lowest BCUT2D eigenvalue weighted by molar-refractivity contribution is -0.143. The maximum absolute atomic E-state index is 14.0. The van der Waals surface area contributed by atoms with Crippen LogP contribution in [-0.4, -0.2) is 174 Å². The van der Waals surface area contributed by atoms with Crippen molar-refractivity contribution in [1.82, 2.24) is 41.0 Å². The lowest BCUT2D eigenvalue weighted by Gasteiger charge is -2.32. The van der Waals surface area contributed by atoms with E-state index in [1.54, 1.807) is 92.1 Å². The summed E-state index contributed by atoms with van der Waals surface area (Å²) in [4.78, 5) is 159. The summed E-state index contributed by atoms with van der Waals surface area (Å²) in [5.41, 5.74) is 10.9. The molecule has 0 spiro atoms. The molecule has 8 N–H and O–H groups in total. The number of nitrogens with two attached hydrogens (primary N) is 1. The van der Waals surface area contributed by atoms with E-state index in [1.165, 1.54) is 48.5 Å². The molecule has 4 aliphatic heterocycles. The third-order valence-corrected chi connectivity index (χ3v) is 21.8. The number of hydrogen-bond donors (Lipinski definition) is 7. The lowest BCUT2D eigenvalue weighted by Crippen LogP contribution is -2.54. The van der Waals surface area contributed by atoms with Crippen molar-refractivity contribution < 1.29 is 99.8 Å². The number of benzene rings is 6. The Labute approximate surface area is 671 Å². The van der Waals surface area contributed by atoms with E-state index < -0.39 is 90.3 Å². The van der Waals surface area contributed by atoms with Crippen LogP contribution in [0.4, 0.5) is 20.2 Å². The zero-order chi connectivity index (χ0) is 82.8. The predicted octanol–water partition coefficient (Wildman–Crippen LogP) is 9.54. The Bertz CT molecular complexity index is 5060. The standard InChI is InChI=1S/C43H44FN5O9.C25H26N4O8.C18H20FNO2/c1-25(26-5-7-27(8-6-26)31-17-18-45-34-14-9-28(44)23-33(31)34)40(52)47-29-10-12-30(13-11-29)57-22-21-56-20-19-46-38(51)24-58-36-4-2-3-32-39(36)43(55)49(42(32)54)35-15-16-37(50)48-41(35)53;26-15-4-6-16(7-5-15)36-13-12-35-11-10-27-21(31)14-37-19-3-1-2-17-22(19)25(34)29(24(17)33)18-8-9-20(30)28-23(18)32;1-11(18(21)22)12-2-4-13(5-3-12)15-8-9-20-17-7-6-14(19)10-16(15)17/h2-4,9-14,17-18,23,25-27,35H,5-8,15-16,19-22,24H2,1H3,(H,46,51)(H,47,52)(H,48,50,53);1-7,18H,8-14,26H2,(H,27,31)(H,28,30,32);6-13H,2-5H2,1H3,(H,21,22)/t25-,26?,27?,35?;;11-,12?,13?/m1.1/s1. The number of carboxylic acid groups (broad SMARTS) is 1. The van der Waals surface area contributed by atoms with E-state index in [9.17, 15) is 66.3 Å². The van der Waals surface area contributed by atoms with E-state index in [1.807, 2.05) is 19.1 Å². The fraction of sp³-hybridized carbons (Fsp3) is 0.372. The van der Waals surface area contributed by atoms with Gasteiger partial charge in [0.2, 0.25) is 29.5 Å². The molecule has 2 aromatic heterocycles. The van der Waals surface area contributed by atoms with E-state index in [0.717, 1.165) is 94.1 Å².